The Morgan fingerprint density at radius 3 is 2.75 bits per heavy atom. The quantitative estimate of drug-likeness (QED) is 0.805. The first-order valence-corrected chi connectivity index (χ1v) is 8.07. The van der Waals surface area contributed by atoms with E-state index in [9.17, 15) is 4.79 Å². The SMILES string of the molecule is O=C(Nc1cccc(-c2nnc3n2CCCC3)n1)c1ccccc1. The van der Waals surface area contributed by atoms with Crippen LogP contribution in [-0.2, 0) is 13.0 Å². The lowest BCUT2D eigenvalue weighted by Gasteiger charge is -2.14. The molecule has 0 fully saturated rings. The Kier molecular flexibility index (Phi) is 3.78. The molecule has 4 rings (SSSR count). The van der Waals surface area contributed by atoms with Gasteiger partial charge in [0.15, 0.2) is 5.82 Å². The van der Waals surface area contributed by atoms with Gasteiger partial charge in [0, 0.05) is 18.5 Å². The van der Waals surface area contributed by atoms with Crippen molar-refractivity contribution in [2.24, 2.45) is 0 Å². The molecule has 2 aromatic heterocycles. The number of rotatable bonds is 3. The molecule has 3 aromatic rings. The number of fused-ring (bicyclic) bond motifs is 1. The standard InChI is InChI=1S/C18H17N5O/c24-18(13-7-2-1-3-8-13)20-15-10-6-9-14(19-15)17-22-21-16-11-4-5-12-23(16)17/h1-3,6-10H,4-5,11-12H2,(H,19,20,24). The summed E-state index contributed by atoms with van der Waals surface area (Å²) in [5.74, 6) is 2.11. The van der Waals surface area contributed by atoms with Crippen molar-refractivity contribution in [1.82, 2.24) is 19.7 Å². The number of pyridine rings is 1. The van der Waals surface area contributed by atoms with E-state index in [1.54, 1.807) is 18.2 Å². The van der Waals surface area contributed by atoms with E-state index in [0.717, 1.165) is 43.1 Å². The van der Waals surface area contributed by atoms with Crippen molar-refractivity contribution < 1.29 is 4.79 Å². The van der Waals surface area contributed by atoms with Crippen molar-refractivity contribution in [3.63, 3.8) is 0 Å². The third kappa shape index (κ3) is 2.78. The highest BCUT2D eigenvalue weighted by Gasteiger charge is 2.18. The maximum atomic E-state index is 12.3. The van der Waals surface area contributed by atoms with Crippen LogP contribution in [0.2, 0.25) is 0 Å². The first kappa shape index (κ1) is 14.6. The zero-order chi connectivity index (χ0) is 16.4. The average molecular weight is 319 g/mol. The summed E-state index contributed by atoms with van der Waals surface area (Å²) in [5, 5.41) is 11.4. The van der Waals surface area contributed by atoms with Gasteiger partial charge in [0.25, 0.3) is 5.91 Å². The summed E-state index contributed by atoms with van der Waals surface area (Å²) in [4.78, 5) is 16.8. The minimum atomic E-state index is -0.177. The van der Waals surface area contributed by atoms with E-state index in [2.05, 4.69) is 25.1 Å². The molecule has 3 heterocycles. The Balaban J connectivity index is 1.60. The lowest BCUT2D eigenvalue weighted by molar-refractivity contribution is 0.102. The van der Waals surface area contributed by atoms with Crippen molar-refractivity contribution in [3.8, 4) is 11.5 Å². The Morgan fingerprint density at radius 2 is 1.88 bits per heavy atom. The van der Waals surface area contributed by atoms with Gasteiger partial charge in [0.1, 0.15) is 17.3 Å². The number of aromatic nitrogens is 4. The van der Waals surface area contributed by atoms with Crippen LogP contribution < -0.4 is 5.32 Å². The van der Waals surface area contributed by atoms with Gasteiger partial charge in [-0.15, -0.1) is 10.2 Å². The van der Waals surface area contributed by atoms with Gasteiger partial charge in [-0.25, -0.2) is 4.98 Å². The smallest absolute Gasteiger partial charge is 0.256 e. The van der Waals surface area contributed by atoms with Crippen molar-refractivity contribution in [3.05, 3.63) is 59.9 Å². The molecule has 1 aliphatic rings. The third-order valence-electron chi connectivity index (χ3n) is 4.12. The molecule has 0 unspecified atom stereocenters. The molecule has 0 radical (unpaired) electrons. The topological polar surface area (TPSA) is 72.7 Å². The summed E-state index contributed by atoms with van der Waals surface area (Å²) in [6.07, 6.45) is 3.23. The maximum absolute atomic E-state index is 12.3. The van der Waals surface area contributed by atoms with E-state index in [0.29, 0.717) is 11.4 Å². The van der Waals surface area contributed by atoms with Crippen LogP contribution in [-0.4, -0.2) is 25.7 Å². The van der Waals surface area contributed by atoms with Crippen LogP contribution in [0.4, 0.5) is 5.82 Å². The summed E-state index contributed by atoms with van der Waals surface area (Å²) >= 11 is 0. The molecule has 1 amide bonds. The van der Waals surface area contributed by atoms with Gasteiger partial charge in [-0.3, -0.25) is 4.79 Å². The predicted molar refractivity (Wildman–Crippen MR) is 90.6 cm³/mol. The van der Waals surface area contributed by atoms with Gasteiger partial charge in [0.2, 0.25) is 0 Å². The number of carbonyl (C=O) groups excluding carboxylic acids is 1. The number of anilines is 1. The number of hydrogen-bond acceptors (Lipinski definition) is 4. The van der Waals surface area contributed by atoms with Gasteiger partial charge in [-0.1, -0.05) is 24.3 Å². The number of aryl methyl sites for hydroxylation is 1. The minimum absolute atomic E-state index is 0.177. The van der Waals surface area contributed by atoms with Gasteiger partial charge >= 0.3 is 0 Å². The first-order valence-electron chi connectivity index (χ1n) is 8.07. The minimum Gasteiger partial charge on any atom is -0.310 e. The van der Waals surface area contributed by atoms with Crippen molar-refractivity contribution >= 4 is 11.7 Å². The number of nitrogens with zero attached hydrogens (tertiary/aromatic N) is 4. The second-order valence-corrected chi connectivity index (χ2v) is 5.78. The number of nitrogens with one attached hydrogen (secondary N) is 1. The Labute approximate surface area is 139 Å². The largest absolute Gasteiger partial charge is 0.310 e. The Bertz CT molecular complexity index is 872. The summed E-state index contributed by atoms with van der Waals surface area (Å²) in [6.45, 7) is 0.917. The molecular formula is C18H17N5O. The van der Waals surface area contributed by atoms with Crippen molar-refractivity contribution in [2.75, 3.05) is 5.32 Å². The van der Waals surface area contributed by atoms with E-state index in [4.69, 9.17) is 0 Å². The molecule has 1 aromatic carbocycles. The highest BCUT2D eigenvalue weighted by Crippen LogP contribution is 2.22. The lowest BCUT2D eigenvalue weighted by Crippen LogP contribution is -2.14. The van der Waals surface area contributed by atoms with Crippen LogP contribution in [0, 0.1) is 0 Å². The van der Waals surface area contributed by atoms with Crippen molar-refractivity contribution in [2.45, 2.75) is 25.8 Å². The molecule has 120 valence electrons. The van der Waals surface area contributed by atoms with E-state index >= 15 is 0 Å². The van der Waals surface area contributed by atoms with Crippen LogP contribution in [0.25, 0.3) is 11.5 Å². The van der Waals surface area contributed by atoms with Gasteiger partial charge in [-0.05, 0) is 37.1 Å². The number of amides is 1. The zero-order valence-electron chi connectivity index (χ0n) is 13.1. The second kappa shape index (κ2) is 6.23. The van der Waals surface area contributed by atoms with Crippen LogP contribution in [0.5, 0.6) is 0 Å². The predicted octanol–water partition coefficient (Wildman–Crippen LogP) is 2.93. The molecule has 0 spiro atoms. The second-order valence-electron chi connectivity index (χ2n) is 5.78. The molecule has 24 heavy (non-hydrogen) atoms. The van der Waals surface area contributed by atoms with Crippen LogP contribution in [0.15, 0.2) is 48.5 Å². The van der Waals surface area contributed by atoms with Crippen LogP contribution >= 0.6 is 0 Å². The van der Waals surface area contributed by atoms with E-state index in [1.807, 2.05) is 30.3 Å². The van der Waals surface area contributed by atoms with E-state index in [1.165, 1.54) is 0 Å². The molecule has 6 nitrogen and oxygen atoms in total. The third-order valence-corrected chi connectivity index (χ3v) is 4.12. The number of hydrogen-bond donors (Lipinski definition) is 1. The Morgan fingerprint density at radius 1 is 1.00 bits per heavy atom. The van der Waals surface area contributed by atoms with Gasteiger partial charge in [0.05, 0.1) is 0 Å². The lowest BCUT2D eigenvalue weighted by atomic mass is 10.1. The highest BCUT2D eigenvalue weighted by atomic mass is 16.1. The molecule has 1 N–H and O–H groups in total. The summed E-state index contributed by atoms with van der Waals surface area (Å²) in [5.41, 5.74) is 1.33. The molecule has 1 aliphatic heterocycles. The summed E-state index contributed by atoms with van der Waals surface area (Å²) in [7, 11) is 0. The van der Waals surface area contributed by atoms with Gasteiger partial charge < -0.3 is 9.88 Å². The van der Waals surface area contributed by atoms with Crippen LogP contribution in [0.3, 0.4) is 0 Å². The molecular weight excluding hydrogens is 302 g/mol. The molecule has 0 saturated heterocycles. The number of benzene rings is 1. The van der Waals surface area contributed by atoms with Crippen molar-refractivity contribution in [1.29, 1.82) is 0 Å². The Hall–Kier alpha value is -3.02. The monoisotopic (exact) mass is 319 g/mol. The molecule has 0 aliphatic carbocycles. The van der Waals surface area contributed by atoms with E-state index in [-0.39, 0.29) is 5.91 Å². The summed E-state index contributed by atoms with van der Waals surface area (Å²) in [6, 6.07) is 14.6. The number of carbonyl (C=O) groups is 1. The van der Waals surface area contributed by atoms with Gasteiger partial charge in [-0.2, -0.15) is 0 Å². The molecule has 0 saturated carbocycles. The average Bonchev–Trinajstić information content (AvgIpc) is 3.07. The summed E-state index contributed by atoms with van der Waals surface area (Å²) < 4.78 is 2.12. The fourth-order valence-electron chi connectivity index (χ4n) is 2.90. The molecule has 0 atom stereocenters. The fourth-order valence-corrected chi connectivity index (χ4v) is 2.90. The first-order chi connectivity index (χ1) is 11.8. The van der Waals surface area contributed by atoms with Crippen LogP contribution in [0.1, 0.15) is 29.0 Å². The van der Waals surface area contributed by atoms with E-state index < -0.39 is 0 Å². The molecule has 6 heteroatoms. The fraction of sp³-hybridized carbons (Fsp3) is 0.222. The molecule has 0 bridgehead atoms. The normalized spacial score (nSPS) is 13.3. The highest BCUT2D eigenvalue weighted by molar-refractivity contribution is 6.03. The maximum Gasteiger partial charge on any atom is 0.256 e. The zero-order valence-corrected chi connectivity index (χ0v) is 13.1.